The summed E-state index contributed by atoms with van der Waals surface area (Å²) in [6, 6.07) is 22.0. The first-order chi connectivity index (χ1) is 12.7. The summed E-state index contributed by atoms with van der Waals surface area (Å²) in [5.41, 5.74) is 5.93. The molecule has 1 heterocycles. The lowest BCUT2D eigenvalue weighted by molar-refractivity contribution is -0.649. The van der Waals surface area contributed by atoms with E-state index < -0.39 is 0 Å². The Bertz CT molecular complexity index is 906. The van der Waals surface area contributed by atoms with Gasteiger partial charge in [0, 0.05) is 17.7 Å². The molecule has 1 aromatic heterocycles. The van der Waals surface area contributed by atoms with Crippen molar-refractivity contribution in [3.63, 3.8) is 0 Å². The molecule has 0 atom stereocenters. The first-order valence-corrected chi connectivity index (χ1v) is 8.20. The lowest BCUT2D eigenvalue weighted by atomic mass is 10.1. The minimum Gasteiger partial charge on any atom is -0.465 e. The largest absolute Gasteiger partial charge is 0.465 e. The van der Waals surface area contributed by atoms with Crippen LogP contribution in [0.3, 0.4) is 0 Å². The molecule has 0 aliphatic heterocycles. The van der Waals surface area contributed by atoms with E-state index in [0.29, 0.717) is 17.5 Å². The van der Waals surface area contributed by atoms with E-state index in [4.69, 9.17) is 4.74 Å². The Labute approximate surface area is 151 Å². The maximum absolute atomic E-state index is 12.4. The molecule has 0 fully saturated rings. The summed E-state index contributed by atoms with van der Waals surface area (Å²) >= 11 is 0. The second-order valence-electron chi connectivity index (χ2n) is 5.73. The van der Waals surface area contributed by atoms with Gasteiger partial charge in [0.2, 0.25) is 5.69 Å². The molecule has 5 nitrogen and oxygen atoms in total. The lowest BCUT2D eigenvalue weighted by Crippen LogP contribution is -2.51. The predicted molar refractivity (Wildman–Crippen MR) is 97.4 cm³/mol. The van der Waals surface area contributed by atoms with Crippen LogP contribution in [0.1, 0.15) is 32.0 Å². The third kappa shape index (κ3) is 4.13. The standard InChI is InChI=1S/C21H18N2O3/c1-26-21(25)18-12-10-16(11-13-18)15-19-9-5-6-14-23(19)22-20(24)17-7-3-2-4-8-17/h2-14H,15H2,1H3/p+1. The van der Waals surface area contributed by atoms with E-state index in [1.807, 2.05) is 48.5 Å². The summed E-state index contributed by atoms with van der Waals surface area (Å²) in [5.74, 6) is -0.537. The number of esters is 1. The number of aromatic nitrogens is 1. The zero-order valence-electron chi connectivity index (χ0n) is 14.4. The fourth-order valence-electron chi connectivity index (χ4n) is 2.58. The molecule has 130 valence electrons. The fraction of sp³-hybridized carbons (Fsp3) is 0.0952. The molecule has 0 aliphatic carbocycles. The van der Waals surface area contributed by atoms with Gasteiger partial charge in [-0.25, -0.2) is 4.79 Å². The number of carbonyl (C=O) groups is 2. The van der Waals surface area contributed by atoms with Gasteiger partial charge in [-0.3, -0.25) is 4.79 Å². The number of carbonyl (C=O) groups excluding carboxylic acids is 2. The Morgan fingerprint density at radius 2 is 1.58 bits per heavy atom. The van der Waals surface area contributed by atoms with Crippen LogP contribution in [0.4, 0.5) is 0 Å². The second-order valence-corrected chi connectivity index (χ2v) is 5.73. The molecule has 3 rings (SSSR count). The van der Waals surface area contributed by atoms with Crippen LogP contribution in [0.25, 0.3) is 0 Å². The van der Waals surface area contributed by atoms with Crippen LogP contribution in [-0.4, -0.2) is 19.0 Å². The quantitative estimate of drug-likeness (QED) is 0.570. The average molecular weight is 347 g/mol. The van der Waals surface area contributed by atoms with Crippen LogP contribution < -0.4 is 10.1 Å². The van der Waals surface area contributed by atoms with Gasteiger partial charge in [0.05, 0.1) is 19.1 Å². The first kappa shape index (κ1) is 17.4. The van der Waals surface area contributed by atoms with Crippen LogP contribution in [-0.2, 0) is 11.2 Å². The van der Waals surface area contributed by atoms with Crippen molar-refractivity contribution < 1.29 is 19.0 Å². The number of hydrogen-bond acceptors (Lipinski definition) is 3. The molecule has 0 aliphatic rings. The minimum atomic E-state index is -0.360. The molecule has 0 saturated heterocycles. The summed E-state index contributed by atoms with van der Waals surface area (Å²) in [4.78, 5) is 23.9. The number of nitrogens with one attached hydrogen (secondary N) is 1. The third-order valence-electron chi connectivity index (χ3n) is 3.96. The molecule has 0 spiro atoms. The van der Waals surface area contributed by atoms with Gasteiger partial charge in [-0.1, -0.05) is 35.0 Å². The molecular formula is C21H19N2O3+. The fourth-order valence-corrected chi connectivity index (χ4v) is 2.58. The zero-order valence-corrected chi connectivity index (χ0v) is 14.4. The summed E-state index contributed by atoms with van der Waals surface area (Å²) in [6.45, 7) is 0. The lowest BCUT2D eigenvalue weighted by Gasteiger charge is -2.05. The highest BCUT2D eigenvalue weighted by molar-refractivity contribution is 5.98. The maximum Gasteiger partial charge on any atom is 0.337 e. The molecule has 1 N–H and O–H groups in total. The van der Waals surface area contributed by atoms with E-state index in [-0.39, 0.29) is 11.9 Å². The van der Waals surface area contributed by atoms with Gasteiger partial charge in [0.25, 0.3) is 0 Å². The van der Waals surface area contributed by atoms with Crippen molar-refractivity contribution in [3.8, 4) is 0 Å². The Morgan fingerprint density at radius 3 is 2.27 bits per heavy atom. The number of ether oxygens (including phenoxy) is 1. The van der Waals surface area contributed by atoms with E-state index in [9.17, 15) is 9.59 Å². The summed E-state index contributed by atoms with van der Waals surface area (Å²) in [6.07, 6.45) is 2.41. The summed E-state index contributed by atoms with van der Waals surface area (Å²) in [5, 5.41) is 0. The average Bonchev–Trinajstić information content (AvgIpc) is 2.70. The number of pyridine rings is 1. The van der Waals surface area contributed by atoms with Crippen LogP contribution in [0.2, 0.25) is 0 Å². The zero-order chi connectivity index (χ0) is 18.4. The van der Waals surface area contributed by atoms with Gasteiger partial charge < -0.3 is 4.74 Å². The van der Waals surface area contributed by atoms with Gasteiger partial charge in [-0.2, -0.15) is 0 Å². The Kier molecular flexibility index (Phi) is 5.39. The van der Waals surface area contributed by atoms with Crippen molar-refractivity contribution in [1.82, 2.24) is 0 Å². The van der Waals surface area contributed by atoms with E-state index in [1.165, 1.54) is 7.11 Å². The van der Waals surface area contributed by atoms with Crippen molar-refractivity contribution >= 4 is 11.9 Å². The van der Waals surface area contributed by atoms with Crippen molar-refractivity contribution in [1.29, 1.82) is 0 Å². The molecule has 0 radical (unpaired) electrons. The molecule has 0 saturated carbocycles. The Hall–Kier alpha value is -3.47. The Balaban J connectivity index is 1.77. The molecule has 2 aromatic carbocycles. The van der Waals surface area contributed by atoms with Gasteiger partial charge in [-0.05, 0) is 35.9 Å². The predicted octanol–water partition coefficient (Wildman–Crippen LogP) is 2.74. The van der Waals surface area contributed by atoms with E-state index in [2.05, 4.69) is 5.43 Å². The van der Waals surface area contributed by atoms with E-state index in [0.717, 1.165) is 11.3 Å². The van der Waals surface area contributed by atoms with Gasteiger partial charge >= 0.3 is 11.9 Å². The molecule has 5 heteroatoms. The Morgan fingerprint density at radius 1 is 0.885 bits per heavy atom. The molecule has 26 heavy (non-hydrogen) atoms. The van der Waals surface area contributed by atoms with Crippen LogP contribution in [0.15, 0.2) is 79.0 Å². The van der Waals surface area contributed by atoms with E-state index >= 15 is 0 Å². The topological polar surface area (TPSA) is 59.3 Å². The van der Waals surface area contributed by atoms with Gasteiger partial charge in [-0.15, -0.1) is 5.43 Å². The van der Waals surface area contributed by atoms with Gasteiger partial charge in [0.1, 0.15) is 0 Å². The first-order valence-electron chi connectivity index (χ1n) is 8.20. The smallest absolute Gasteiger partial charge is 0.337 e. The van der Waals surface area contributed by atoms with Crippen LogP contribution in [0, 0.1) is 0 Å². The molecular weight excluding hydrogens is 328 g/mol. The number of rotatable bonds is 5. The molecule has 0 bridgehead atoms. The van der Waals surface area contributed by atoms with Gasteiger partial charge in [0.15, 0.2) is 6.20 Å². The molecule has 1 amide bonds. The number of amides is 1. The summed E-state index contributed by atoms with van der Waals surface area (Å²) in [7, 11) is 1.36. The van der Waals surface area contributed by atoms with Crippen LogP contribution >= 0.6 is 0 Å². The number of methoxy groups -OCH3 is 1. The van der Waals surface area contributed by atoms with Crippen molar-refractivity contribution in [2.24, 2.45) is 0 Å². The maximum atomic E-state index is 12.4. The van der Waals surface area contributed by atoms with Crippen molar-refractivity contribution in [3.05, 3.63) is 101 Å². The van der Waals surface area contributed by atoms with Crippen molar-refractivity contribution in [2.45, 2.75) is 6.42 Å². The molecule has 3 aromatic rings. The molecule has 0 unspecified atom stereocenters. The van der Waals surface area contributed by atoms with Crippen LogP contribution in [0.5, 0.6) is 0 Å². The number of hydrogen-bond donors (Lipinski definition) is 1. The normalized spacial score (nSPS) is 10.2. The van der Waals surface area contributed by atoms with E-state index in [1.54, 1.807) is 35.1 Å². The highest BCUT2D eigenvalue weighted by Crippen LogP contribution is 2.09. The third-order valence-corrected chi connectivity index (χ3v) is 3.96. The van der Waals surface area contributed by atoms with Crippen molar-refractivity contribution in [2.75, 3.05) is 12.5 Å². The second kappa shape index (κ2) is 8.07. The SMILES string of the molecule is COC(=O)c1ccc(Cc2cccc[n+]2NC(=O)c2ccccc2)cc1. The highest BCUT2D eigenvalue weighted by Gasteiger charge is 2.16. The summed E-state index contributed by atoms with van der Waals surface area (Å²) < 4.78 is 6.42. The number of nitrogens with zero attached hydrogens (tertiary/aromatic N) is 1. The minimum absolute atomic E-state index is 0.177. The number of benzene rings is 2. The monoisotopic (exact) mass is 347 g/mol. The highest BCUT2D eigenvalue weighted by atomic mass is 16.5.